The molecule has 1 aliphatic rings. The number of hydrogen-bond donors (Lipinski definition) is 1. The van der Waals surface area contributed by atoms with Gasteiger partial charge in [-0.05, 0) is 57.0 Å². The predicted octanol–water partition coefficient (Wildman–Crippen LogP) is 1.96. The summed E-state index contributed by atoms with van der Waals surface area (Å²) < 4.78 is 32.7. The Morgan fingerprint density at radius 3 is 2.64 bits per heavy atom. The molecule has 1 N–H and O–H groups in total. The van der Waals surface area contributed by atoms with Gasteiger partial charge in [-0.2, -0.15) is 4.31 Å². The molecule has 7 heteroatoms. The van der Waals surface area contributed by atoms with E-state index in [0.717, 1.165) is 24.1 Å². The molecular weight excluding hydrogens is 324 g/mol. The predicted molar refractivity (Wildman–Crippen MR) is 90.5 cm³/mol. The third kappa shape index (κ3) is 3.74. The molecule has 1 aromatic rings. The molecule has 1 heterocycles. The van der Waals surface area contributed by atoms with Crippen LogP contribution < -0.4 is 10.1 Å². The summed E-state index contributed by atoms with van der Waals surface area (Å²) in [5.74, 6) is 0.811. The van der Waals surface area contributed by atoms with E-state index in [4.69, 9.17) is 4.74 Å². The lowest BCUT2D eigenvalue weighted by Crippen LogP contribution is -2.31. The van der Waals surface area contributed by atoms with Crippen LogP contribution in [0.25, 0.3) is 0 Å². The molecule has 1 aromatic carbocycles. The van der Waals surface area contributed by atoms with Crippen molar-refractivity contribution < 1.29 is 13.2 Å². The molecule has 0 radical (unpaired) electrons. The van der Waals surface area contributed by atoms with Crippen molar-refractivity contribution in [2.45, 2.75) is 25.2 Å². The number of hydrogen-bond acceptors (Lipinski definition) is 4. The van der Waals surface area contributed by atoms with E-state index < -0.39 is 10.0 Å². The van der Waals surface area contributed by atoms with Crippen LogP contribution in [0.1, 0.15) is 17.5 Å². The third-order valence-electron chi connectivity index (χ3n) is 3.94. The van der Waals surface area contributed by atoms with Gasteiger partial charge in [0.2, 0.25) is 10.0 Å². The van der Waals surface area contributed by atoms with Crippen molar-refractivity contribution >= 4 is 22.4 Å². The van der Waals surface area contributed by atoms with E-state index in [1.807, 2.05) is 27.0 Å². The zero-order valence-corrected chi connectivity index (χ0v) is 15.2. The topological polar surface area (TPSA) is 58.6 Å². The van der Waals surface area contributed by atoms with Crippen molar-refractivity contribution in [3.05, 3.63) is 23.3 Å². The third-order valence-corrected chi connectivity index (χ3v) is 5.99. The lowest BCUT2D eigenvalue weighted by Gasteiger charge is -2.20. The SMILES string of the molecule is CNCC1CCN(S(=O)(=O)c2c(C)cc(C)cc2OC)C1.Cl. The fraction of sp³-hybridized carbons (Fsp3) is 0.600. The Balaban J connectivity index is 0.00000242. The lowest BCUT2D eigenvalue weighted by molar-refractivity contribution is 0.395. The van der Waals surface area contributed by atoms with Crippen LogP contribution >= 0.6 is 12.4 Å². The Morgan fingerprint density at radius 2 is 2.05 bits per heavy atom. The summed E-state index contributed by atoms with van der Waals surface area (Å²) >= 11 is 0. The summed E-state index contributed by atoms with van der Waals surface area (Å²) in [5, 5.41) is 3.12. The van der Waals surface area contributed by atoms with Gasteiger partial charge in [-0.15, -0.1) is 12.4 Å². The van der Waals surface area contributed by atoms with Crippen LogP contribution in [-0.4, -0.2) is 46.5 Å². The normalized spacial score (nSPS) is 19.0. The van der Waals surface area contributed by atoms with E-state index >= 15 is 0 Å². The van der Waals surface area contributed by atoms with Crippen LogP contribution in [0.2, 0.25) is 0 Å². The Kier molecular flexibility index (Phi) is 6.67. The molecule has 5 nitrogen and oxygen atoms in total. The summed E-state index contributed by atoms with van der Waals surface area (Å²) in [6, 6.07) is 3.66. The first kappa shape index (κ1) is 19.2. The average molecular weight is 349 g/mol. The Bertz CT molecular complexity index is 619. The number of methoxy groups -OCH3 is 1. The van der Waals surface area contributed by atoms with Crippen LogP contribution in [0.3, 0.4) is 0 Å². The van der Waals surface area contributed by atoms with Gasteiger partial charge in [0.05, 0.1) is 7.11 Å². The average Bonchev–Trinajstić information content (AvgIpc) is 2.87. The van der Waals surface area contributed by atoms with E-state index in [9.17, 15) is 8.42 Å². The first-order valence-electron chi connectivity index (χ1n) is 7.20. The summed E-state index contributed by atoms with van der Waals surface area (Å²) in [6.45, 7) is 5.75. The van der Waals surface area contributed by atoms with Crippen molar-refractivity contribution in [2.75, 3.05) is 33.8 Å². The monoisotopic (exact) mass is 348 g/mol. The zero-order valence-electron chi connectivity index (χ0n) is 13.5. The van der Waals surface area contributed by atoms with E-state index in [1.165, 1.54) is 7.11 Å². The van der Waals surface area contributed by atoms with Crippen molar-refractivity contribution in [1.29, 1.82) is 0 Å². The van der Waals surface area contributed by atoms with Gasteiger partial charge in [0.15, 0.2) is 0 Å². The van der Waals surface area contributed by atoms with E-state index in [-0.39, 0.29) is 12.4 Å². The molecule has 126 valence electrons. The van der Waals surface area contributed by atoms with Crippen LogP contribution in [0, 0.1) is 19.8 Å². The molecule has 1 atom stereocenters. The quantitative estimate of drug-likeness (QED) is 0.883. The van der Waals surface area contributed by atoms with Gasteiger partial charge in [-0.1, -0.05) is 6.07 Å². The number of ether oxygens (including phenoxy) is 1. The zero-order chi connectivity index (χ0) is 15.6. The molecule has 0 amide bonds. The molecule has 0 aromatic heterocycles. The molecule has 2 rings (SSSR count). The molecule has 0 bridgehead atoms. The summed E-state index contributed by atoms with van der Waals surface area (Å²) in [6.07, 6.45) is 0.896. The first-order chi connectivity index (χ1) is 9.90. The van der Waals surface area contributed by atoms with Crippen LogP contribution in [0.4, 0.5) is 0 Å². The molecule has 22 heavy (non-hydrogen) atoms. The second-order valence-corrected chi connectivity index (χ2v) is 7.56. The van der Waals surface area contributed by atoms with Gasteiger partial charge < -0.3 is 10.1 Å². The molecule has 1 unspecified atom stereocenters. The van der Waals surface area contributed by atoms with Crippen molar-refractivity contribution in [1.82, 2.24) is 9.62 Å². The summed E-state index contributed by atoms with van der Waals surface area (Å²) in [7, 11) is -0.0915. The van der Waals surface area contributed by atoms with Crippen molar-refractivity contribution in [3.63, 3.8) is 0 Å². The van der Waals surface area contributed by atoms with Gasteiger partial charge in [0.1, 0.15) is 10.6 Å². The largest absolute Gasteiger partial charge is 0.495 e. The number of halogens is 1. The second-order valence-electron chi connectivity index (χ2n) is 5.69. The Hall–Kier alpha value is -0.820. The number of benzene rings is 1. The van der Waals surface area contributed by atoms with E-state index in [1.54, 1.807) is 10.4 Å². The maximum absolute atomic E-state index is 12.9. The summed E-state index contributed by atoms with van der Waals surface area (Å²) in [5.41, 5.74) is 1.74. The molecule has 0 spiro atoms. The first-order valence-corrected chi connectivity index (χ1v) is 8.64. The van der Waals surface area contributed by atoms with Crippen LogP contribution in [0.15, 0.2) is 17.0 Å². The number of aryl methyl sites for hydroxylation is 2. The van der Waals surface area contributed by atoms with Crippen molar-refractivity contribution in [3.8, 4) is 5.75 Å². The van der Waals surface area contributed by atoms with Crippen molar-refractivity contribution in [2.24, 2.45) is 5.92 Å². The van der Waals surface area contributed by atoms with Gasteiger partial charge in [0, 0.05) is 13.1 Å². The minimum absolute atomic E-state index is 0. The highest BCUT2D eigenvalue weighted by Gasteiger charge is 2.35. The van der Waals surface area contributed by atoms with Gasteiger partial charge >= 0.3 is 0 Å². The van der Waals surface area contributed by atoms with Gasteiger partial charge in [-0.25, -0.2) is 8.42 Å². The van der Waals surface area contributed by atoms with Crippen LogP contribution in [-0.2, 0) is 10.0 Å². The van der Waals surface area contributed by atoms with Gasteiger partial charge in [0.25, 0.3) is 0 Å². The number of nitrogens with zero attached hydrogens (tertiary/aromatic N) is 1. The fourth-order valence-electron chi connectivity index (χ4n) is 3.00. The maximum Gasteiger partial charge on any atom is 0.247 e. The lowest BCUT2D eigenvalue weighted by atomic mass is 10.1. The molecule has 0 aliphatic carbocycles. The number of nitrogens with one attached hydrogen (secondary N) is 1. The minimum Gasteiger partial charge on any atom is -0.495 e. The highest BCUT2D eigenvalue weighted by molar-refractivity contribution is 7.89. The Morgan fingerprint density at radius 1 is 1.36 bits per heavy atom. The standard InChI is InChI=1S/C15H24N2O3S.ClH/c1-11-7-12(2)15(14(8-11)20-4)21(18,19)17-6-5-13(10-17)9-16-3;/h7-8,13,16H,5-6,9-10H2,1-4H3;1H. The molecule has 0 saturated carbocycles. The van der Waals surface area contributed by atoms with E-state index in [0.29, 0.717) is 29.7 Å². The molecular formula is C15H25ClN2O3S. The highest BCUT2D eigenvalue weighted by Crippen LogP contribution is 2.33. The maximum atomic E-state index is 12.9. The second kappa shape index (κ2) is 7.64. The minimum atomic E-state index is -3.50. The fourth-order valence-corrected chi connectivity index (χ4v) is 4.87. The highest BCUT2D eigenvalue weighted by atomic mass is 35.5. The number of sulfonamides is 1. The Labute approximate surface area is 139 Å². The van der Waals surface area contributed by atoms with E-state index in [2.05, 4.69) is 5.32 Å². The molecule has 1 fully saturated rings. The molecule has 1 saturated heterocycles. The summed E-state index contributed by atoms with van der Waals surface area (Å²) in [4.78, 5) is 0.306. The smallest absolute Gasteiger partial charge is 0.247 e. The van der Waals surface area contributed by atoms with Crippen LogP contribution in [0.5, 0.6) is 5.75 Å². The number of rotatable bonds is 5. The molecule has 1 aliphatic heterocycles. The van der Waals surface area contributed by atoms with Gasteiger partial charge in [-0.3, -0.25) is 0 Å².